The highest BCUT2D eigenvalue weighted by Crippen LogP contribution is 2.25. The van der Waals surface area contributed by atoms with E-state index < -0.39 is 10.0 Å². The number of sulfonamides is 1. The van der Waals surface area contributed by atoms with Crippen molar-refractivity contribution in [2.75, 3.05) is 39.3 Å². The van der Waals surface area contributed by atoms with Crippen molar-refractivity contribution >= 4 is 26.7 Å². The van der Waals surface area contributed by atoms with Gasteiger partial charge in [-0.05, 0) is 48.1 Å². The molecule has 2 aliphatic rings. The van der Waals surface area contributed by atoms with Crippen LogP contribution in [0, 0.1) is 11.8 Å². The van der Waals surface area contributed by atoms with Gasteiger partial charge in [0.05, 0.1) is 10.9 Å². The first-order valence-corrected chi connectivity index (χ1v) is 12.7. The lowest BCUT2D eigenvalue weighted by Gasteiger charge is -2.41. The molecule has 4 rings (SSSR count). The first kappa shape index (κ1) is 22.2. The molecule has 2 aliphatic heterocycles. The summed E-state index contributed by atoms with van der Waals surface area (Å²) in [7, 11) is -3.55. The molecule has 2 fully saturated rings. The average molecular weight is 444 g/mol. The second-order valence-corrected chi connectivity index (χ2v) is 11.3. The standard InChI is InChI=1S/C24H33N3O3S/c1-18-14-19(2)17-26(16-18)24(28)20(3)25-10-12-27(13-11-25)31(29,30)23-9-8-21-6-4-5-7-22(21)15-23/h4-9,15,18-20H,10-14,16-17H2,1-3H3. The third kappa shape index (κ3) is 4.64. The van der Waals surface area contributed by atoms with Gasteiger partial charge in [-0.15, -0.1) is 0 Å². The van der Waals surface area contributed by atoms with E-state index in [1.807, 2.05) is 42.2 Å². The fraction of sp³-hybridized carbons (Fsp3) is 0.542. The predicted molar refractivity (Wildman–Crippen MR) is 123 cm³/mol. The largest absolute Gasteiger partial charge is 0.341 e. The Kier molecular flexibility index (Phi) is 6.37. The van der Waals surface area contributed by atoms with E-state index >= 15 is 0 Å². The van der Waals surface area contributed by atoms with Gasteiger partial charge >= 0.3 is 0 Å². The highest BCUT2D eigenvalue weighted by atomic mass is 32.2. The third-order valence-corrected chi connectivity index (χ3v) is 8.61. The van der Waals surface area contributed by atoms with Gasteiger partial charge in [-0.25, -0.2) is 8.42 Å². The molecule has 0 spiro atoms. The Labute approximate surface area is 185 Å². The van der Waals surface area contributed by atoms with E-state index in [2.05, 4.69) is 18.7 Å². The Hall–Kier alpha value is -1.96. The number of benzene rings is 2. The van der Waals surface area contributed by atoms with Crippen molar-refractivity contribution in [3.63, 3.8) is 0 Å². The normalized spacial score (nSPS) is 24.9. The van der Waals surface area contributed by atoms with Crippen LogP contribution in [0.5, 0.6) is 0 Å². The molecule has 168 valence electrons. The van der Waals surface area contributed by atoms with Gasteiger partial charge in [-0.3, -0.25) is 9.69 Å². The monoisotopic (exact) mass is 443 g/mol. The molecule has 0 aliphatic carbocycles. The minimum absolute atomic E-state index is 0.171. The summed E-state index contributed by atoms with van der Waals surface area (Å²) in [5.41, 5.74) is 0. The summed E-state index contributed by atoms with van der Waals surface area (Å²) in [6.07, 6.45) is 1.17. The summed E-state index contributed by atoms with van der Waals surface area (Å²) in [4.78, 5) is 17.5. The SMILES string of the molecule is CC1CC(C)CN(C(=O)C(C)N2CCN(S(=O)(=O)c3ccc4ccccc4c3)CC2)C1. The minimum Gasteiger partial charge on any atom is -0.341 e. The zero-order valence-corrected chi connectivity index (χ0v) is 19.5. The smallest absolute Gasteiger partial charge is 0.243 e. The Morgan fingerprint density at radius 2 is 1.55 bits per heavy atom. The number of piperidine rings is 1. The average Bonchev–Trinajstić information content (AvgIpc) is 2.77. The van der Waals surface area contributed by atoms with Crippen LogP contribution in [0.25, 0.3) is 10.8 Å². The molecule has 0 bridgehead atoms. The zero-order valence-electron chi connectivity index (χ0n) is 18.7. The van der Waals surface area contributed by atoms with Gasteiger partial charge in [0.1, 0.15) is 0 Å². The Balaban J connectivity index is 1.40. The van der Waals surface area contributed by atoms with Gasteiger partial charge in [-0.2, -0.15) is 4.31 Å². The Morgan fingerprint density at radius 3 is 2.19 bits per heavy atom. The van der Waals surface area contributed by atoms with Gasteiger partial charge in [0.15, 0.2) is 0 Å². The van der Waals surface area contributed by atoms with Crippen LogP contribution in [0.15, 0.2) is 47.4 Å². The lowest BCUT2D eigenvalue weighted by atomic mass is 9.91. The van der Waals surface area contributed by atoms with Crippen molar-refractivity contribution in [3.05, 3.63) is 42.5 Å². The lowest BCUT2D eigenvalue weighted by Crippen LogP contribution is -2.56. The number of fused-ring (bicyclic) bond motifs is 1. The summed E-state index contributed by atoms with van der Waals surface area (Å²) < 4.78 is 27.9. The van der Waals surface area contributed by atoms with Gasteiger partial charge in [0.2, 0.25) is 15.9 Å². The van der Waals surface area contributed by atoms with Crippen LogP contribution in [0.3, 0.4) is 0 Å². The Morgan fingerprint density at radius 1 is 0.935 bits per heavy atom. The van der Waals surface area contributed by atoms with E-state index in [-0.39, 0.29) is 11.9 Å². The number of piperazine rings is 1. The lowest BCUT2D eigenvalue weighted by molar-refractivity contribution is -0.139. The van der Waals surface area contributed by atoms with Crippen molar-refractivity contribution in [3.8, 4) is 0 Å². The molecule has 2 aromatic carbocycles. The Bertz CT molecular complexity index is 1040. The molecule has 2 saturated heterocycles. The number of hydrogen-bond donors (Lipinski definition) is 0. The summed E-state index contributed by atoms with van der Waals surface area (Å²) in [6.45, 7) is 9.96. The molecule has 2 heterocycles. The number of carbonyl (C=O) groups excluding carboxylic acids is 1. The number of likely N-dealkylation sites (tertiary alicyclic amines) is 1. The van der Waals surface area contributed by atoms with Gasteiger partial charge in [0.25, 0.3) is 0 Å². The van der Waals surface area contributed by atoms with Crippen LogP contribution < -0.4 is 0 Å². The number of nitrogens with zero attached hydrogens (tertiary/aromatic N) is 3. The van der Waals surface area contributed by atoms with E-state index in [1.54, 1.807) is 16.4 Å². The molecule has 0 aromatic heterocycles. The van der Waals surface area contributed by atoms with E-state index in [4.69, 9.17) is 0 Å². The molecule has 0 N–H and O–H groups in total. The predicted octanol–water partition coefficient (Wildman–Crippen LogP) is 3.04. The van der Waals surface area contributed by atoms with E-state index in [0.717, 1.165) is 23.9 Å². The quantitative estimate of drug-likeness (QED) is 0.729. The topological polar surface area (TPSA) is 60.9 Å². The van der Waals surface area contributed by atoms with E-state index in [9.17, 15) is 13.2 Å². The summed E-state index contributed by atoms with van der Waals surface area (Å²) in [5.74, 6) is 1.23. The molecule has 3 unspecified atom stereocenters. The van der Waals surface area contributed by atoms with Crippen molar-refractivity contribution in [2.45, 2.75) is 38.1 Å². The highest BCUT2D eigenvalue weighted by molar-refractivity contribution is 7.89. The van der Waals surface area contributed by atoms with Gasteiger partial charge in [0, 0.05) is 39.3 Å². The number of carbonyl (C=O) groups is 1. The van der Waals surface area contributed by atoms with Crippen molar-refractivity contribution in [2.24, 2.45) is 11.8 Å². The van der Waals surface area contributed by atoms with Crippen molar-refractivity contribution in [1.82, 2.24) is 14.1 Å². The molecule has 0 radical (unpaired) electrons. The molecular weight excluding hydrogens is 410 g/mol. The fourth-order valence-corrected chi connectivity index (χ4v) is 6.53. The summed E-state index contributed by atoms with van der Waals surface area (Å²) in [6, 6.07) is 12.9. The maximum atomic E-state index is 13.2. The van der Waals surface area contributed by atoms with Gasteiger partial charge in [-0.1, -0.05) is 44.2 Å². The van der Waals surface area contributed by atoms with Gasteiger partial charge < -0.3 is 4.90 Å². The fourth-order valence-electron chi connectivity index (χ4n) is 5.07. The highest BCUT2D eigenvalue weighted by Gasteiger charge is 2.35. The first-order chi connectivity index (χ1) is 14.8. The molecule has 0 saturated carbocycles. The van der Waals surface area contributed by atoms with Crippen LogP contribution in [0.4, 0.5) is 0 Å². The molecule has 6 nitrogen and oxygen atoms in total. The van der Waals surface area contributed by atoms with Crippen LogP contribution in [0.2, 0.25) is 0 Å². The van der Waals surface area contributed by atoms with Crippen molar-refractivity contribution in [1.29, 1.82) is 0 Å². The molecule has 7 heteroatoms. The second kappa shape index (κ2) is 8.88. The van der Waals surface area contributed by atoms with Crippen molar-refractivity contribution < 1.29 is 13.2 Å². The van der Waals surface area contributed by atoms with E-state index in [1.165, 1.54) is 6.42 Å². The number of amides is 1. The summed E-state index contributed by atoms with van der Waals surface area (Å²) in [5, 5.41) is 1.95. The zero-order chi connectivity index (χ0) is 22.2. The number of rotatable bonds is 4. The number of hydrogen-bond acceptors (Lipinski definition) is 4. The third-order valence-electron chi connectivity index (χ3n) is 6.72. The maximum Gasteiger partial charge on any atom is 0.243 e. The summed E-state index contributed by atoms with van der Waals surface area (Å²) >= 11 is 0. The molecule has 3 atom stereocenters. The van der Waals surface area contributed by atoms with E-state index in [0.29, 0.717) is 42.9 Å². The molecule has 1 amide bonds. The van der Waals surface area contributed by atoms with Crippen LogP contribution in [-0.2, 0) is 14.8 Å². The molecule has 31 heavy (non-hydrogen) atoms. The minimum atomic E-state index is -3.55. The van der Waals surface area contributed by atoms with Crippen LogP contribution in [-0.4, -0.2) is 73.7 Å². The second-order valence-electron chi connectivity index (χ2n) is 9.31. The van der Waals surface area contributed by atoms with Crippen LogP contribution >= 0.6 is 0 Å². The van der Waals surface area contributed by atoms with Crippen LogP contribution in [0.1, 0.15) is 27.2 Å². The molecular formula is C24H33N3O3S. The first-order valence-electron chi connectivity index (χ1n) is 11.3. The maximum absolute atomic E-state index is 13.2. The molecule has 2 aromatic rings.